The Kier molecular flexibility index (Phi) is 6.21. The van der Waals surface area contributed by atoms with Crippen LogP contribution in [-0.4, -0.2) is 27.8 Å². The van der Waals surface area contributed by atoms with Crippen molar-refractivity contribution in [2.75, 3.05) is 5.32 Å². The van der Waals surface area contributed by atoms with Crippen molar-refractivity contribution in [3.8, 4) is 0 Å². The number of hydrogen-bond acceptors (Lipinski definition) is 4. The van der Waals surface area contributed by atoms with Gasteiger partial charge in [0.15, 0.2) is 0 Å². The van der Waals surface area contributed by atoms with E-state index < -0.39 is 0 Å². The largest absolute Gasteiger partial charge is 0.381 e. The van der Waals surface area contributed by atoms with Crippen molar-refractivity contribution in [1.82, 2.24) is 15.1 Å². The zero-order valence-electron chi connectivity index (χ0n) is 12.6. The molecule has 0 saturated heterocycles. The third kappa shape index (κ3) is 5.42. The Morgan fingerprint density at radius 3 is 2.65 bits per heavy atom. The van der Waals surface area contributed by atoms with Gasteiger partial charge in [-0.15, -0.1) is 0 Å². The summed E-state index contributed by atoms with van der Waals surface area (Å²) in [5, 5.41) is 9.95. The molecular formula is C14H24N4O2. The van der Waals surface area contributed by atoms with Gasteiger partial charge >= 0.3 is 0 Å². The van der Waals surface area contributed by atoms with Gasteiger partial charge in [0.1, 0.15) is 6.54 Å². The molecule has 0 aromatic carbocycles. The smallest absolute Gasteiger partial charge is 0.269 e. The predicted molar refractivity (Wildman–Crippen MR) is 79.8 cm³/mol. The fourth-order valence-electron chi connectivity index (χ4n) is 1.93. The zero-order valence-corrected chi connectivity index (χ0v) is 12.6. The summed E-state index contributed by atoms with van der Waals surface area (Å²) in [6.45, 7) is 7.93. The van der Waals surface area contributed by atoms with Crippen molar-refractivity contribution in [3.63, 3.8) is 0 Å². The minimum absolute atomic E-state index is 0.0468. The van der Waals surface area contributed by atoms with Gasteiger partial charge in [-0.1, -0.05) is 13.3 Å². The first-order valence-corrected chi connectivity index (χ1v) is 7.05. The lowest BCUT2D eigenvalue weighted by molar-refractivity contribution is -0.122. The van der Waals surface area contributed by atoms with Crippen molar-refractivity contribution < 1.29 is 4.79 Å². The topological polar surface area (TPSA) is 76.0 Å². The van der Waals surface area contributed by atoms with Gasteiger partial charge in [0, 0.05) is 18.2 Å². The molecule has 112 valence electrons. The second-order valence-electron chi connectivity index (χ2n) is 5.30. The van der Waals surface area contributed by atoms with Crippen LogP contribution in [0.1, 0.15) is 40.5 Å². The molecule has 1 rings (SSSR count). The number of carbonyl (C=O) groups excluding carboxylic acids is 1. The summed E-state index contributed by atoms with van der Waals surface area (Å²) in [6, 6.07) is 1.80. The molecule has 1 atom stereocenters. The van der Waals surface area contributed by atoms with E-state index in [0.29, 0.717) is 5.69 Å². The van der Waals surface area contributed by atoms with Crippen LogP contribution in [0.3, 0.4) is 0 Å². The summed E-state index contributed by atoms with van der Waals surface area (Å²) >= 11 is 0. The van der Waals surface area contributed by atoms with Crippen LogP contribution in [0.5, 0.6) is 0 Å². The number of aromatic nitrogens is 2. The van der Waals surface area contributed by atoms with Crippen molar-refractivity contribution >= 4 is 11.6 Å². The molecule has 0 saturated carbocycles. The maximum atomic E-state index is 11.8. The average molecular weight is 280 g/mol. The number of anilines is 1. The number of amides is 1. The molecule has 1 amide bonds. The van der Waals surface area contributed by atoms with E-state index in [1.165, 1.54) is 10.7 Å². The lowest BCUT2D eigenvalue weighted by Crippen LogP contribution is -2.38. The normalized spacial score (nSPS) is 12.2. The second kappa shape index (κ2) is 7.67. The maximum absolute atomic E-state index is 11.8. The third-order valence-corrected chi connectivity index (χ3v) is 2.75. The van der Waals surface area contributed by atoms with Crippen molar-refractivity contribution in [2.45, 2.75) is 59.2 Å². The molecule has 0 aliphatic carbocycles. The van der Waals surface area contributed by atoms with Crippen molar-refractivity contribution in [3.05, 3.63) is 22.6 Å². The fourth-order valence-corrected chi connectivity index (χ4v) is 1.93. The number of nitrogens with zero attached hydrogens (tertiary/aromatic N) is 2. The molecule has 1 aromatic rings. The number of hydrogen-bond donors (Lipinski definition) is 2. The Hall–Kier alpha value is -1.85. The van der Waals surface area contributed by atoms with Crippen LogP contribution < -0.4 is 16.2 Å². The van der Waals surface area contributed by atoms with E-state index in [1.54, 1.807) is 6.20 Å². The van der Waals surface area contributed by atoms with Crippen molar-refractivity contribution in [1.29, 1.82) is 0 Å². The Balaban J connectivity index is 2.64. The van der Waals surface area contributed by atoms with Crippen LogP contribution in [0.4, 0.5) is 5.69 Å². The van der Waals surface area contributed by atoms with Crippen LogP contribution in [0.15, 0.2) is 17.1 Å². The monoisotopic (exact) mass is 280 g/mol. The van der Waals surface area contributed by atoms with Gasteiger partial charge in [-0.05, 0) is 27.2 Å². The van der Waals surface area contributed by atoms with Crippen LogP contribution in [0.25, 0.3) is 0 Å². The molecular weight excluding hydrogens is 256 g/mol. The highest BCUT2D eigenvalue weighted by Gasteiger charge is 2.09. The highest BCUT2D eigenvalue weighted by Crippen LogP contribution is 2.02. The Morgan fingerprint density at radius 2 is 2.10 bits per heavy atom. The van der Waals surface area contributed by atoms with E-state index in [0.717, 1.165) is 12.8 Å². The van der Waals surface area contributed by atoms with Gasteiger partial charge in [0.05, 0.1) is 11.9 Å². The molecule has 1 aromatic heterocycles. The Morgan fingerprint density at radius 1 is 1.40 bits per heavy atom. The first kappa shape index (κ1) is 16.2. The first-order chi connectivity index (χ1) is 9.42. The summed E-state index contributed by atoms with van der Waals surface area (Å²) in [5.41, 5.74) is 0.384. The molecule has 1 heterocycles. The molecule has 0 spiro atoms. The predicted octanol–water partition coefficient (Wildman–Crippen LogP) is 1.37. The van der Waals surface area contributed by atoms with E-state index in [1.807, 2.05) is 20.8 Å². The summed E-state index contributed by atoms with van der Waals surface area (Å²) in [5.74, 6) is -0.190. The molecule has 0 fully saturated rings. The van der Waals surface area contributed by atoms with E-state index in [9.17, 15) is 9.59 Å². The number of rotatable bonds is 7. The van der Waals surface area contributed by atoms with Crippen LogP contribution in [-0.2, 0) is 11.3 Å². The van der Waals surface area contributed by atoms with Gasteiger partial charge in [-0.2, -0.15) is 5.10 Å². The standard InChI is InChI=1S/C14H24N4O2/c1-5-6-11(4)17-13(19)9-18-14(20)7-12(8-15-18)16-10(2)3/h7-8,10-11,16H,5-6,9H2,1-4H3,(H,17,19). The Bertz CT molecular complexity index is 496. The highest BCUT2D eigenvalue weighted by atomic mass is 16.2. The quantitative estimate of drug-likeness (QED) is 0.791. The molecule has 0 aliphatic rings. The van der Waals surface area contributed by atoms with Gasteiger partial charge < -0.3 is 10.6 Å². The van der Waals surface area contributed by atoms with E-state index in [2.05, 4.69) is 22.7 Å². The maximum Gasteiger partial charge on any atom is 0.269 e. The van der Waals surface area contributed by atoms with Gasteiger partial charge in [0.25, 0.3) is 5.56 Å². The lowest BCUT2D eigenvalue weighted by atomic mass is 10.2. The SMILES string of the molecule is CCCC(C)NC(=O)Cn1ncc(NC(C)C)cc1=O. The zero-order chi connectivity index (χ0) is 15.1. The second-order valence-corrected chi connectivity index (χ2v) is 5.30. The number of nitrogens with one attached hydrogen (secondary N) is 2. The molecule has 0 radical (unpaired) electrons. The summed E-state index contributed by atoms with van der Waals surface area (Å²) in [4.78, 5) is 23.6. The van der Waals surface area contributed by atoms with E-state index in [4.69, 9.17) is 0 Å². The minimum Gasteiger partial charge on any atom is -0.381 e. The molecule has 6 nitrogen and oxygen atoms in total. The molecule has 20 heavy (non-hydrogen) atoms. The first-order valence-electron chi connectivity index (χ1n) is 7.05. The fraction of sp³-hybridized carbons (Fsp3) is 0.643. The summed E-state index contributed by atoms with van der Waals surface area (Å²) in [7, 11) is 0. The van der Waals surface area contributed by atoms with Gasteiger partial charge in [-0.3, -0.25) is 9.59 Å². The van der Waals surface area contributed by atoms with E-state index >= 15 is 0 Å². The summed E-state index contributed by atoms with van der Waals surface area (Å²) < 4.78 is 1.17. The molecule has 0 aliphatic heterocycles. The van der Waals surface area contributed by atoms with Gasteiger partial charge in [-0.25, -0.2) is 4.68 Å². The van der Waals surface area contributed by atoms with Crippen LogP contribution in [0, 0.1) is 0 Å². The highest BCUT2D eigenvalue weighted by molar-refractivity contribution is 5.75. The average Bonchev–Trinajstić information content (AvgIpc) is 2.32. The van der Waals surface area contributed by atoms with Gasteiger partial charge in [0.2, 0.25) is 5.91 Å². The lowest BCUT2D eigenvalue weighted by Gasteiger charge is -2.13. The Labute approximate surface area is 119 Å². The van der Waals surface area contributed by atoms with E-state index in [-0.39, 0.29) is 30.1 Å². The number of carbonyl (C=O) groups is 1. The molecule has 0 bridgehead atoms. The third-order valence-electron chi connectivity index (χ3n) is 2.75. The minimum atomic E-state index is -0.283. The molecule has 2 N–H and O–H groups in total. The van der Waals surface area contributed by atoms with Crippen LogP contribution >= 0.6 is 0 Å². The molecule has 1 unspecified atom stereocenters. The molecule has 6 heteroatoms. The summed E-state index contributed by atoms with van der Waals surface area (Å²) in [6.07, 6.45) is 3.49. The van der Waals surface area contributed by atoms with Crippen LogP contribution in [0.2, 0.25) is 0 Å². The van der Waals surface area contributed by atoms with Crippen molar-refractivity contribution in [2.24, 2.45) is 0 Å².